The van der Waals surface area contributed by atoms with Gasteiger partial charge in [-0.1, -0.05) is 40.2 Å². The van der Waals surface area contributed by atoms with Crippen LogP contribution >= 0.6 is 15.9 Å². The predicted molar refractivity (Wildman–Crippen MR) is 131 cm³/mol. The van der Waals surface area contributed by atoms with Crippen LogP contribution in [-0.4, -0.2) is 50.0 Å². The third-order valence-corrected chi connectivity index (χ3v) is 6.44. The molecule has 1 atom stereocenters. The molecule has 7 nitrogen and oxygen atoms in total. The zero-order chi connectivity index (χ0) is 24.1. The molecule has 174 valence electrons. The Morgan fingerprint density at radius 1 is 1.06 bits per heavy atom. The zero-order valence-electron chi connectivity index (χ0n) is 19.0. The van der Waals surface area contributed by atoms with Crippen molar-refractivity contribution in [1.82, 2.24) is 10.2 Å². The first-order valence-electron chi connectivity index (χ1n) is 10.3. The van der Waals surface area contributed by atoms with Crippen molar-refractivity contribution in [1.29, 1.82) is 0 Å². The quantitative estimate of drug-likeness (QED) is 0.545. The number of amides is 2. The first-order chi connectivity index (χ1) is 14.9. The Morgan fingerprint density at radius 2 is 1.72 bits per heavy atom. The van der Waals surface area contributed by atoms with Gasteiger partial charge in [0.2, 0.25) is 21.8 Å². The summed E-state index contributed by atoms with van der Waals surface area (Å²) in [5.74, 6) is -0.770. The number of nitrogens with one attached hydrogen (secondary N) is 1. The first kappa shape index (κ1) is 25.9. The molecular formula is C23H30BrN3O4S. The van der Waals surface area contributed by atoms with Gasteiger partial charge in [-0.3, -0.25) is 13.9 Å². The van der Waals surface area contributed by atoms with Gasteiger partial charge in [-0.15, -0.1) is 0 Å². The van der Waals surface area contributed by atoms with Gasteiger partial charge in [-0.2, -0.15) is 0 Å². The number of halogens is 1. The van der Waals surface area contributed by atoms with Crippen LogP contribution in [-0.2, 0) is 26.2 Å². The van der Waals surface area contributed by atoms with Gasteiger partial charge in [-0.05, 0) is 63.1 Å². The lowest BCUT2D eigenvalue weighted by atomic mass is 10.1. The molecule has 0 fully saturated rings. The molecule has 2 aromatic carbocycles. The number of benzene rings is 2. The van der Waals surface area contributed by atoms with Crippen LogP contribution in [0.15, 0.2) is 53.0 Å². The summed E-state index contributed by atoms with van der Waals surface area (Å²) in [5, 5.41) is 2.82. The SMILES string of the molecule is Cc1cccc(N(CC(=O)N(Cc2cccc(Br)c2)C(C)C(=O)NC(C)C)S(C)(=O)=O)c1. The number of anilines is 1. The van der Waals surface area contributed by atoms with E-state index in [4.69, 9.17) is 0 Å². The monoisotopic (exact) mass is 523 g/mol. The highest BCUT2D eigenvalue weighted by Gasteiger charge is 2.30. The Hall–Kier alpha value is -2.39. The Bertz CT molecular complexity index is 1070. The molecular weight excluding hydrogens is 494 g/mol. The Balaban J connectivity index is 2.39. The minimum absolute atomic E-state index is 0.0902. The van der Waals surface area contributed by atoms with Crippen molar-refractivity contribution in [3.8, 4) is 0 Å². The number of carbonyl (C=O) groups is 2. The number of sulfonamides is 1. The highest BCUT2D eigenvalue weighted by molar-refractivity contribution is 9.10. The van der Waals surface area contributed by atoms with E-state index in [1.165, 1.54) is 4.90 Å². The molecule has 0 saturated heterocycles. The molecule has 0 saturated carbocycles. The molecule has 32 heavy (non-hydrogen) atoms. The fourth-order valence-corrected chi connectivity index (χ4v) is 4.50. The summed E-state index contributed by atoms with van der Waals surface area (Å²) in [6.07, 6.45) is 1.07. The summed E-state index contributed by atoms with van der Waals surface area (Å²) in [4.78, 5) is 27.5. The van der Waals surface area contributed by atoms with E-state index in [-0.39, 0.29) is 18.5 Å². The van der Waals surface area contributed by atoms with Crippen molar-refractivity contribution in [2.45, 2.75) is 46.3 Å². The molecule has 0 radical (unpaired) electrons. The number of rotatable bonds is 9. The second-order valence-corrected chi connectivity index (χ2v) is 10.9. The number of hydrogen-bond acceptors (Lipinski definition) is 4. The molecule has 2 rings (SSSR count). The largest absolute Gasteiger partial charge is 0.352 e. The third-order valence-electron chi connectivity index (χ3n) is 4.81. The van der Waals surface area contributed by atoms with Crippen LogP contribution in [0.25, 0.3) is 0 Å². The van der Waals surface area contributed by atoms with Crippen LogP contribution in [0.5, 0.6) is 0 Å². The highest BCUT2D eigenvalue weighted by Crippen LogP contribution is 2.21. The molecule has 0 heterocycles. The van der Waals surface area contributed by atoms with Gasteiger partial charge in [0.1, 0.15) is 12.6 Å². The molecule has 1 unspecified atom stereocenters. The van der Waals surface area contributed by atoms with Gasteiger partial charge < -0.3 is 10.2 Å². The van der Waals surface area contributed by atoms with Gasteiger partial charge >= 0.3 is 0 Å². The predicted octanol–water partition coefficient (Wildman–Crippen LogP) is 3.47. The van der Waals surface area contributed by atoms with Crippen LogP contribution in [0.3, 0.4) is 0 Å². The van der Waals surface area contributed by atoms with E-state index >= 15 is 0 Å². The molecule has 2 amide bonds. The van der Waals surface area contributed by atoms with E-state index in [1.807, 2.05) is 51.1 Å². The minimum atomic E-state index is -3.73. The molecule has 0 aliphatic carbocycles. The summed E-state index contributed by atoms with van der Waals surface area (Å²) in [6, 6.07) is 13.5. The molecule has 0 spiro atoms. The van der Waals surface area contributed by atoms with Crippen LogP contribution in [0.4, 0.5) is 5.69 Å². The van der Waals surface area contributed by atoms with Crippen molar-refractivity contribution in [2.24, 2.45) is 0 Å². The van der Waals surface area contributed by atoms with E-state index in [0.29, 0.717) is 5.69 Å². The number of nitrogens with zero attached hydrogens (tertiary/aromatic N) is 2. The smallest absolute Gasteiger partial charge is 0.244 e. The Kier molecular flexibility index (Phi) is 8.86. The maximum absolute atomic E-state index is 13.4. The fraction of sp³-hybridized carbons (Fsp3) is 0.391. The van der Waals surface area contributed by atoms with Crippen molar-refractivity contribution in [2.75, 3.05) is 17.1 Å². The minimum Gasteiger partial charge on any atom is -0.352 e. The molecule has 0 aromatic heterocycles. The van der Waals surface area contributed by atoms with Gasteiger partial charge in [0.05, 0.1) is 11.9 Å². The van der Waals surface area contributed by atoms with Gasteiger partial charge in [-0.25, -0.2) is 8.42 Å². The van der Waals surface area contributed by atoms with Crippen molar-refractivity contribution >= 4 is 43.5 Å². The average Bonchev–Trinajstić information content (AvgIpc) is 2.68. The third kappa shape index (κ3) is 7.34. The maximum atomic E-state index is 13.4. The molecule has 1 N–H and O–H groups in total. The van der Waals surface area contributed by atoms with E-state index in [9.17, 15) is 18.0 Å². The number of aryl methyl sites for hydroxylation is 1. The van der Waals surface area contributed by atoms with E-state index in [2.05, 4.69) is 21.2 Å². The summed E-state index contributed by atoms with van der Waals surface area (Å²) < 4.78 is 27.0. The summed E-state index contributed by atoms with van der Waals surface area (Å²) in [6.45, 7) is 6.93. The standard InChI is InChI=1S/C23H30BrN3O4S/c1-16(2)25-23(29)18(4)26(14-19-9-7-10-20(24)13-19)22(28)15-27(32(5,30)31)21-11-6-8-17(3)12-21/h6-13,16,18H,14-15H2,1-5H3,(H,25,29). The number of carbonyl (C=O) groups excluding carboxylic acids is 2. The molecule has 0 aliphatic heterocycles. The molecule has 9 heteroatoms. The topological polar surface area (TPSA) is 86.8 Å². The van der Waals surface area contributed by atoms with Crippen molar-refractivity contribution in [3.05, 3.63) is 64.1 Å². The summed E-state index contributed by atoms with van der Waals surface area (Å²) >= 11 is 3.42. The molecule has 0 aliphatic rings. The molecule has 2 aromatic rings. The molecule has 0 bridgehead atoms. The maximum Gasteiger partial charge on any atom is 0.244 e. The fourth-order valence-electron chi connectivity index (χ4n) is 3.22. The lowest BCUT2D eigenvalue weighted by Crippen LogP contribution is -2.52. The van der Waals surface area contributed by atoms with Crippen LogP contribution in [0, 0.1) is 6.92 Å². The van der Waals surface area contributed by atoms with Gasteiger partial charge in [0, 0.05) is 17.1 Å². The van der Waals surface area contributed by atoms with E-state index in [0.717, 1.165) is 26.2 Å². The van der Waals surface area contributed by atoms with Gasteiger partial charge in [0.15, 0.2) is 0 Å². The van der Waals surface area contributed by atoms with Crippen molar-refractivity contribution in [3.63, 3.8) is 0 Å². The van der Waals surface area contributed by atoms with Crippen LogP contribution in [0.1, 0.15) is 31.9 Å². The lowest BCUT2D eigenvalue weighted by Gasteiger charge is -2.32. The van der Waals surface area contributed by atoms with E-state index < -0.39 is 28.5 Å². The first-order valence-corrected chi connectivity index (χ1v) is 12.9. The van der Waals surface area contributed by atoms with E-state index in [1.54, 1.807) is 25.1 Å². The summed E-state index contributed by atoms with van der Waals surface area (Å²) in [5.41, 5.74) is 2.10. The van der Waals surface area contributed by atoms with Gasteiger partial charge in [0.25, 0.3) is 0 Å². The Labute approximate surface area is 199 Å². The zero-order valence-corrected chi connectivity index (χ0v) is 21.4. The lowest BCUT2D eigenvalue weighted by molar-refractivity contribution is -0.139. The van der Waals surface area contributed by atoms with Crippen LogP contribution < -0.4 is 9.62 Å². The van der Waals surface area contributed by atoms with Crippen LogP contribution in [0.2, 0.25) is 0 Å². The second-order valence-electron chi connectivity index (χ2n) is 8.10. The average molecular weight is 524 g/mol. The second kappa shape index (κ2) is 11.0. The normalized spacial score (nSPS) is 12.3. The Morgan fingerprint density at radius 3 is 2.28 bits per heavy atom. The van der Waals surface area contributed by atoms with Crippen molar-refractivity contribution < 1.29 is 18.0 Å². The highest BCUT2D eigenvalue weighted by atomic mass is 79.9. The number of hydrogen-bond donors (Lipinski definition) is 1. The summed E-state index contributed by atoms with van der Waals surface area (Å²) in [7, 11) is -3.73.